The SMILES string of the molecule is c1ccc(Nc2ccc(OCCO[C@@H]3CCCCO3)cc2)cc1. The molecule has 0 amide bonds. The van der Waals surface area contributed by atoms with Crippen LogP contribution in [0.25, 0.3) is 0 Å². The zero-order valence-corrected chi connectivity index (χ0v) is 13.2. The van der Waals surface area contributed by atoms with Crippen LogP contribution in [0.3, 0.4) is 0 Å². The maximum Gasteiger partial charge on any atom is 0.157 e. The summed E-state index contributed by atoms with van der Waals surface area (Å²) in [6.45, 7) is 1.89. The third-order valence-corrected chi connectivity index (χ3v) is 3.71. The van der Waals surface area contributed by atoms with Crippen LogP contribution in [0.5, 0.6) is 5.75 Å². The third-order valence-electron chi connectivity index (χ3n) is 3.71. The first kappa shape index (κ1) is 15.8. The first-order valence-corrected chi connectivity index (χ1v) is 8.18. The molecule has 1 N–H and O–H groups in total. The minimum atomic E-state index is -0.0511. The van der Waals surface area contributed by atoms with E-state index in [0.29, 0.717) is 13.2 Å². The van der Waals surface area contributed by atoms with E-state index in [9.17, 15) is 0 Å². The molecule has 4 nitrogen and oxygen atoms in total. The van der Waals surface area contributed by atoms with Crippen molar-refractivity contribution in [1.29, 1.82) is 0 Å². The van der Waals surface area contributed by atoms with Crippen molar-refractivity contribution in [2.24, 2.45) is 0 Å². The molecule has 0 radical (unpaired) electrons. The van der Waals surface area contributed by atoms with Crippen LogP contribution < -0.4 is 10.1 Å². The van der Waals surface area contributed by atoms with E-state index in [1.54, 1.807) is 0 Å². The van der Waals surface area contributed by atoms with Crippen LogP contribution in [-0.2, 0) is 9.47 Å². The summed E-state index contributed by atoms with van der Waals surface area (Å²) in [7, 11) is 0. The van der Waals surface area contributed by atoms with Crippen molar-refractivity contribution in [3.63, 3.8) is 0 Å². The van der Waals surface area contributed by atoms with E-state index < -0.39 is 0 Å². The lowest BCUT2D eigenvalue weighted by molar-refractivity contribution is -0.165. The van der Waals surface area contributed by atoms with Crippen molar-refractivity contribution in [3.05, 3.63) is 54.6 Å². The van der Waals surface area contributed by atoms with E-state index in [4.69, 9.17) is 14.2 Å². The second kappa shape index (κ2) is 8.56. The molecule has 0 saturated carbocycles. The van der Waals surface area contributed by atoms with Crippen molar-refractivity contribution >= 4 is 11.4 Å². The number of anilines is 2. The van der Waals surface area contributed by atoms with Gasteiger partial charge >= 0.3 is 0 Å². The Morgan fingerprint density at radius 2 is 1.70 bits per heavy atom. The van der Waals surface area contributed by atoms with E-state index in [2.05, 4.69) is 5.32 Å². The predicted molar refractivity (Wildman–Crippen MR) is 91.2 cm³/mol. The Bertz CT molecular complexity index is 565. The molecule has 2 aromatic carbocycles. The molecule has 0 aliphatic carbocycles. The maximum absolute atomic E-state index is 5.69. The highest BCUT2D eigenvalue weighted by Gasteiger charge is 2.13. The first-order chi connectivity index (χ1) is 11.4. The highest BCUT2D eigenvalue weighted by molar-refractivity contribution is 5.59. The third kappa shape index (κ3) is 5.27. The van der Waals surface area contributed by atoms with E-state index in [0.717, 1.165) is 36.6 Å². The second-order valence-corrected chi connectivity index (χ2v) is 5.53. The molecule has 1 aliphatic heterocycles. The number of para-hydroxylation sites is 1. The molecule has 4 heteroatoms. The van der Waals surface area contributed by atoms with Crippen molar-refractivity contribution in [2.45, 2.75) is 25.6 Å². The Balaban J connectivity index is 1.39. The lowest BCUT2D eigenvalue weighted by atomic mass is 10.2. The smallest absolute Gasteiger partial charge is 0.157 e. The van der Waals surface area contributed by atoms with Gasteiger partial charge in [-0.05, 0) is 55.7 Å². The molecule has 1 aliphatic rings. The van der Waals surface area contributed by atoms with Gasteiger partial charge in [-0.1, -0.05) is 18.2 Å². The average Bonchev–Trinajstić information content (AvgIpc) is 2.62. The molecule has 0 aromatic heterocycles. The summed E-state index contributed by atoms with van der Waals surface area (Å²) in [5.74, 6) is 0.844. The van der Waals surface area contributed by atoms with Gasteiger partial charge in [-0.3, -0.25) is 0 Å². The van der Waals surface area contributed by atoms with Crippen molar-refractivity contribution in [2.75, 3.05) is 25.1 Å². The number of hydrogen-bond acceptors (Lipinski definition) is 4. The molecule has 0 bridgehead atoms. The molecule has 3 rings (SSSR count). The molecule has 2 aromatic rings. The Hall–Kier alpha value is -2.04. The van der Waals surface area contributed by atoms with Gasteiger partial charge in [0.05, 0.1) is 6.61 Å². The van der Waals surface area contributed by atoms with Gasteiger partial charge in [0.25, 0.3) is 0 Å². The van der Waals surface area contributed by atoms with Crippen LogP contribution in [0.1, 0.15) is 19.3 Å². The van der Waals surface area contributed by atoms with Crippen LogP contribution >= 0.6 is 0 Å². The highest BCUT2D eigenvalue weighted by atomic mass is 16.7. The molecule has 122 valence electrons. The largest absolute Gasteiger partial charge is 0.491 e. The molecule has 23 heavy (non-hydrogen) atoms. The number of rotatable bonds is 7. The Labute approximate surface area is 137 Å². The van der Waals surface area contributed by atoms with Crippen LogP contribution in [-0.4, -0.2) is 26.1 Å². The normalized spacial score (nSPS) is 17.7. The minimum Gasteiger partial charge on any atom is -0.491 e. The molecule has 0 unspecified atom stereocenters. The van der Waals surface area contributed by atoms with Gasteiger partial charge in [-0.2, -0.15) is 0 Å². The predicted octanol–water partition coefficient (Wildman–Crippen LogP) is 4.35. The Kier molecular flexibility index (Phi) is 5.89. The van der Waals surface area contributed by atoms with E-state index in [-0.39, 0.29) is 6.29 Å². The van der Waals surface area contributed by atoms with Crippen LogP contribution in [0.4, 0.5) is 11.4 Å². The summed E-state index contributed by atoms with van der Waals surface area (Å²) < 4.78 is 16.9. The lowest BCUT2D eigenvalue weighted by Gasteiger charge is -2.22. The van der Waals surface area contributed by atoms with Gasteiger partial charge in [0.1, 0.15) is 12.4 Å². The average molecular weight is 313 g/mol. The van der Waals surface area contributed by atoms with Gasteiger partial charge in [-0.25, -0.2) is 0 Å². The second-order valence-electron chi connectivity index (χ2n) is 5.53. The standard InChI is InChI=1S/C19H23NO3/c1-2-6-16(7-3-1)20-17-9-11-18(12-10-17)21-14-15-23-19-8-4-5-13-22-19/h1-3,6-7,9-12,19-20H,4-5,8,13-15H2/t19-/m1/s1. The fourth-order valence-electron chi connectivity index (χ4n) is 2.50. The number of benzene rings is 2. The quantitative estimate of drug-likeness (QED) is 0.771. The van der Waals surface area contributed by atoms with Crippen molar-refractivity contribution in [3.8, 4) is 5.75 Å². The molecular formula is C19H23NO3. The molecule has 1 fully saturated rings. The number of ether oxygens (including phenoxy) is 3. The molecule has 1 atom stereocenters. The maximum atomic E-state index is 5.69. The molecule has 1 saturated heterocycles. The van der Waals surface area contributed by atoms with Crippen molar-refractivity contribution in [1.82, 2.24) is 0 Å². The lowest BCUT2D eigenvalue weighted by Crippen LogP contribution is -2.24. The fourth-order valence-corrected chi connectivity index (χ4v) is 2.50. The Morgan fingerprint density at radius 3 is 2.43 bits per heavy atom. The van der Waals surface area contributed by atoms with Gasteiger partial charge in [0.15, 0.2) is 6.29 Å². The number of hydrogen-bond donors (Lipinski definition) is 1. The summed E-state index contributed by atoms with van der Waals surface area (Å²) in [5.41, 5.74) is 2.11. The molecular weight excluding hydrogens is 290 g/mol. The van der Waals surface area contributed by atoms with Crippen LogP contribution in [0, 0.1) is 0 Å². The number of nitrogens with one attached hydrogen (secondary N) is 1. The highest BCUT2D eigenvalue weighted by Crippen LogP contribution is 2.20. The van der Waals surface area contributed by atoms with E-state index in [1.165, 1.54) is 6.42 Å². The summed E-state index contributed by atoms with van der Waals surface area (Å²) in [4.78, 5) is 0. The molecule has 0 spiro atoms. The first-order valence-electron chi connectivity index (χ1n) is 8.18. The van der Waals surface area contributed by atoms with Crippen LogP contribution in [0.2, 0.25) is 0 Å². The minimum absolute atomic E-state index is 0.0511. The topological polar surface area (TPSA) is 39.7 Å². The van der Waals surface area contributed by atoms with Gasteiger partial charge in [0.2, 0.25) is 0 Å². The summed E-state index contributed by atoms with van der Waals surface area (Å²) in [6.07, 6.45) is 3.26. The summed E-state index contributed by atoms with van der Waals surface area (Å²) in [5, 5.41) is 3.34. The zero-order valence-electron chi connectivity index (χ0n) is 13.2. The Morgan fingerprint density at radius 1 is 0.913 bits per heavy atom. The van der Waals surface area contributed by atoms with E-state index in [1.807, 2.05) is 54.6 Å². The van der Waals surface area contributed by atoms with Gasteiger partial charge < -0.3 is 19.5 Å². The van der Waals surface area contributed by atoms with Gasteiger partial charge in [0, 0.05) is 18.0 Å². The summed E-state index contributed by atoms with van der Waals surface area (Å²) in [6, 6.07) is 18.0. The van der Waals surface area contributed by atoms with Crippen molar-refractivity contribution < 1.29 is 14.2 Å². The summed E-state index contributed by atoms with van der Waals surface area (Å²) >= 11 is 0. The van der Waals surface area contributed by atoms with E-state index >= 15 is 0 Å². The van der Waals surface area contributed by atoms with Crippen LogP contribution in [0.15, 0.2) is 54.6 Å². The monoisotopic (exact) mass is 313 g/mol. The molecule has 1 heterocycles. The van der Waals surface area contributed by atoms with Gasteiger partial charge in [-0.15, -0.1) is 0 Å². The zero-order chi connectivity index (χ0) is 15.7. The fraction of sp³-hybridized carbons (Fsp3) is 0.368.